The van der Waals surface area contributed by atoms with Gasteiger partial charge in [0.25, 0.3) is 5.69 Å². The van der Waals surface area contributed by atoms with Crippen LogP contribution in [0.3, 0.4) is 0 Å². The maximum absolute atomic E-state index is 12.2. The van der Waals surface area contributed by atoms with Gasteiger partial charge in [-0.15, -0.1) is 0 Å². The molecule has 1 aromatic rings. The van der Waals surface area contributed by atoms with Crippen LogP contribution in [0.4, 0.5) is 11.4 Å². The van der Waals surface area contributed by atoms with Crippen LogP contribution < -0.4 is 9.64 Å². The summed E-state index contributed by atoms with van der Waals surface area (Å²) in [5.74, 6) is -0.957. The fourth-order valence-corrected chi connectivity index (χ4v) is 2.77. The summed E-state index contributed by atoms with van der Waals surface area (Å²) in [5.41, 5.74) is 0.490. The molecule has 0 saturated carbocycles. The molecule has 0 radical (unpaired) electrons. The zero-order valence-electron chi connectivity index (χ0n) is 11.5. The van der Waals surface area contributed by atoms with Crippen LogP contribution in [0.25, 0.3) is 0 Å². The number of methoxy groups -OCH3 is 1. The van der Waals surface area contributed by atoms with E-state index in [2.05, 4.69) is 15.9 Å². The van der Waals surface area contributed by atoms with Crippen LogP contribution in [0, 0.1) is 23.0 Å². The third-order valence-corrected chi connectivity index (χ3v) is 4.14. The SMILES string of the molecule is COc1cc([N+](=O)[O-])c(C)cc1N1C(=O)CC(CBr)C1=O. The molecule has 1 heterocycles. The highest BCUT2D eigenvalue weighted by molar-refractivity contribution is 9.09. The van der Waals surface area contributed by atoms with Crippen molar-refractivity contribution in [1.82, 2.24) is 0 Å². The molecule has 1 aliphatic heterocycles. The van der Waals surface area contributed by atoms with Gasteiger partial charge in [0.05, 0.1) is 29.7 Å². The molecule has 0 spiro atoms. The highest BCUT2D eigenvalue weighted by Crippen LogP contribution is 2.38. The van der Waals surface area contributed by atoms with E-state index in [1.165, 1.54) is 19.2 Å². The Balaban J connectivity index is 2.54. The normalized spacial score (nSPS) is 18.2. The second-order valence-electron chi connectivity index (χ2n) is 4.69. The smallest absolute Gasteiger partial charge is 0.276 e. The van der Waals surface area contributed by atoms with Gasteiger partial charge in [-0.2, -0.15) is 0 Å². The van der Waals surface area contributed by atoms with Crippen molar-refractivity contribution in [2.24, 2.45) is 5.92 Å². The standard InChI is InChI=1S/C13H13BrN2O5/c1-7-3-10(11(21-2)5-9(7)16(19)20)15-12(17)4-8(6-14)13(15)18/h3,5,8H,4,6H2,1-2H3. The molecular formula is C13H13BrN2O5. The number of aryl methyl sites for hydroxylation is 1. The summed E-state index contributed by atoms with van der Waals surface area (Å²) < 4.78 is 5.11. The maximum atomic E-state index is 12.2. The summed E-state index contributed by atoms with van der Waals surface area (Å²) in [7, 11) is 1.34. The number of anilines is 1. The lowest BCUT2D eigenvalue weighted by Gasteiger charge is -2.18. The molecule has 7 nitrogen and oxygen atoms in total. The Morgan fingerprint density at radius 3 is 2.62 bits per heavy atom. The van der Waals surface area contributed by atoms with Gasteiger partial charge in [-0.1, -0.05) is 15.9 Å². The second-order valence-corrected chi connectivity index (χ2v) is 5.34. The number of imide groups is 1. The van der Waals surface area contributed by atoms with E-state index >= 15 is 0 Å². The number of benzene rings is 1. The Labute approximate surface area is 129 Å². The first kappa shape index (κ1) is 15.4. The fourth-order valence-electron chi connectivity index (χ4n) is 2.27. The lowest BCUT2D eigenvalue weighted by Crippen LogP contribution is -2.31. The second kappa shape index (κ2) is 5.80. The molecule has 1 unspecified atom stereocenters. The van der Waals surface area contributed by atoms with Crippen LogP contribution in [0.1, 0.15) is 12.0 Å². The Kier molecular flexibility index (Phi) is 4.26. The van der Waals surface area contributed by atoms with Crippen molar-refractivity contribution in [1.29, 1.82) is 0 Å². The molecule has 1 saturated heterocycles. The summed E-state index contributed by atoms with van der Waals surface area (Å²) in [6, 6.07) is 2.66. The van der Waals surface area contributed by atoms with E-state index in [0.717, 1.165) is 4.90 Å². The predicted octanol–water partition coefficient (Wildman–Crippen LogP) is 2.19. The van der Waals surface area contributed by atoms with E-state index in [0.29, 0.717) is 10.9 Å². The monoisotopic (exact) mass is 356 g/mol. The lowest BCUT2D eigenvalue weighted by atomic mass is 10.1. The number of nitro groups is 1. The summed E-state index contributed by atoms with van der Waals surface area (Å²) in [5, 5.41) is 11.3. The summed E-state index contributed by atoms with van der Waals surface area (Å²) in [6.45, 7) is 1.55. The number of nitro benzene ring substituents is 1. The Hall–Kier alpha value is -1.96. The molecule has 1 fully saturated rings. The van der Waals surface area contributed by atoms with Crippen molar-refractivity contribution in [2.75, 3.05) is 17.3 Å². The highest BCUT2D eigenvalue weighted by Gasteiger charge is 2.40. The Morgan fingerprint density at radius 2 is 2.14 bits per heavy atom. The molecule has 1 atom stereocenters. The third kappa shape index (κ3) is 2.63. The minimum absolute atomic E-state index is 0.114. The average molecular weight is 357 g/mol. The molecule has 8 heteroatoms. The van der Waals surface area contributed by atoms with Crippen LogP contribution in [-0.2, 0) is 9.59 Å². The van der Waals surface area contributed by atoms with Gasteiger partial charge in [0.2, 0.25) is 11.8 Å². The number of amides is 2. The van der Waals surface area contributed by atoms with Crippen molar-refractivity contribution in [3.05, 3.63) is 27.8 Å². The summed E-state index contributed by atoms with van der Waals surface area (Å²) in [6.07, 6.45) is 0.114. The van der Waals surface area contributed by atoms with Gasteiger partial charge in [0, 0.05) is 17.3 Å². The van der Waals surface area contributed by atoms with Crippen LogP contribution in [0.5, 0.6) is 5.75 Å². The number of rotatable bonds is 4. The number of carbonyl (C=O) groups is 2. The first-order valence-electron chi connectivity index (χ1n) is 6.16. The van der Waals surface area contributed by atoms with Crippen LogP contribution in [0.15, 0.2) is 12.1 Å². The van der Waals surface area contributed by atoms with Crippen molar-refractivity contribution in [2.45, 2.75) is 13.3 Å². The zero-order chi connectivity index (χ0) is 15.7. The molecule has 21 heavy (non-hydrogen) atoms. The van der Waals surface area contributed by atoms with E-state index in [1.807, 2.05) is 0 Å². The average Bonchev–Trinajstić information content (AvgIpc) is 2.72. The maximum Gasteiger partial charge on any atom is 0.276 e. The van der Waals surface area contributed by atoms with Gasteiger partial charge in [-0.25, -0.2) is 4.90 Å². The molecular weight excluding hydrogens is 344 g/mol. The number of carbonyl (C=O) groups excluding carboxylic acids is 2. The van der Waals surface area contributed by atoms with E-state index < -0.39 is 10.8 Å². The van der Waals surface area contributed by atoms with Gasteiger partial charge < -0.3 is 4.74 Å². The number of hydrogen-bond acceptors (Lipinski definition) is 5. The van der Waals surface area contributed by atoms with Gasteiger partial charge >= 0.3 is 0 Å². The van der Waals surface area contributed by atoms with E-state index in [-0.39, 0.29) is 35.4 Å². The number of nitrogens with zero attached hydrogens (tertiary/aromatic N) is 2. The van der Waals surface area contributed by atoms with Crippen LogP contribution in [0.2, 0.25) is 0 Å². The summed E-state index contributed by atoms with van der Waals surface area (Å²) >= 11 is 3.20. The minimum Gasteiger partial charge on any atom is -0.494 e. The molecule has 1 aromatic carbocycles. The van der Waals surface area contributed by atoms with Gasteiger partial charge in [0.15, 0.2) is 0 Å². The first-order valence-corrected chi connectivity index (χ1v) is 7.28. The van der Waals surface area contributed by atoms with Crippen molar-refractivity contribution in [3.8, 4) is 5.75 Å². The van der Waals surface area contributed by atoms with Crippen molar-refractivity contribution < 1.29 is 19.2 Å². The van der Waals surface area contributed by atoms with Crippen molar-refractivity contribution in [3.63, 3.8) is 0 Å². The number of ether oxygens (including phenoxy) is 1. The van der Waals surface area contributed by atoms with E-state index in [1.54, 1.807) is 6.92 Å². The molecule has 2 amide bonds. The number of hydrogen-bond donors (Lipinski definition) is 0. The molecule has 112 valence electrons. The Bertz CT molecular complexity index is 631. The van der Waals surface area contributed by atoms with Gasteiger partial charge in [-0.3, -0.25) is 19.7 Å². The highest BCUT2D eigenvalue weighted by atomic mass is 79.9. The van der Waals surface area contributed by atoms with Gasteiger partial charge in [-0.05, 0) is 13.0 Å². The zero-order valence-corrected chi connectivity index (χ0v) is 13.0. The third-order valence-electron chi connectivity index (χ3n) is 3.36. The fraction of sp³-hybridized carbons (Fsp3) is 0.385. The molecule has 1 aliphatic rings. The molecule has 0 aliphatic carbocycles. The van der Waals surface area contributed by atoms with Crippen LogP contribution >= 0.6 is 15.9 Å². The number of alkyl halides is 1. The number of halogens is 1. The van der Waals surface area contributed by atoms with Crippen LogP contribution in [-0.4, -0.2) is 29.2 Å². The van der Waals surface area contributed by atoms with E-state index in [9.17, 15) is 19.7 Å². The Morgan fingerprint density at radius 1 is 1.48 bits per heavy atom. The summed E-state index contributed by atoms with van der Waals surface area (Å²) in [4.78, 5) is 35.7. The first-order chi connectivity index (χ1) is 9.90. The molecule has 0 bridgehead atoms. The lowest BCUT2D eigenvalue weighted by molar-refractivity contribution is -0.385. The molecule has 2 rings (SSSR count). The topological polar surface area (TPSA) is 89.8 Å². The van der Waals surface area contributed by atoms with Crippen molar-refractivity contribution >= 4 is 39.1 Å². The largest absolute Gasteiger partial charge is 0.494 e. The molecule has 0 aromatic heterocycles. The van der Waals surface area contributed by atoms with Gasteiger partial charge in [0.1, 0.15) is 5.75 Å². The quantitative estimate of drug-likeness (QED) is 0.357. The van der Waals surface area contributed by atoms with E-state index in [4.69, 9.17) is 4.74 Å². The minimum atomic E-state index is -0.531. The molecule has 0 N–H and O–H groups in total. The predicted molar refractivity (Wildman–Crippen MR) is 78.8 cm³/mol.